The molecule has 0 saturated carbocycles. The van der Waals surface area contributed by atoms with E-state index >= 15 is 0 Å². The van der Waals surface area contributed by atoms with Crippen LogP contribution in [-0.2, 0) is 14.8 Å². The molecule has 0 bridgehead atoms. The van der Waals surface area contributed by atoms with Gasteiger partial charge in [-0.05, 0) is 44.0 Å². The van der Waals surface area contributed by atoms with Gasteiger partial charge in [-0.3, -0.25) is 0 Å². The number of hydrogen-bond acceptors (Lipinski definition) is 5. The third-order valence-corrected chi connectivity index (χ3v) is 5.46. The number of rotatable bonds is 7. The van der Waals surface area contributed by atoms with Crippen LogP contribution in [0.25, 0.3) is 0 Å². The Balaban J connectivity index is 1.99. The molecule has 1 aromatic rings. The highest BCUT2D eigenvalue weighted by Gasteiger charge is 2.28. The summed E-state index contributed by atoms with van der Waals surface area (Å²) in [5.41, 5.74) is 5.87. The van der Waals surface area contributed by atoms with Crippen molar-refractivity contribution in [2.75, 3.05) is 32.9 Å². The first-order valence-corrected chi connectivity index (χ1v) is 9.04. The molecule has 0 aromatic heterocycles. The normalized spacial score (nSPS) is 20.0. The predicted molar refractivity (Wildman–Crippen MR) is 84.4 cm³/mol. The fourth-order valence-corrected chi connectivity index (χ4v) is 3.95. The summed E-state index contributed by atoms with van der Waals surface area (Å²) in [5, 5.41) is 0. The molecule has 1 fully saturated rings. The molecule has 1 aromatic carbocycles. The molecule has 124 valence electrons. The summed E-state index contributed by atoms with van der Waals surface area (Å²) in [6.45, 7) is 4.45. The van der Waals surface area contributed by atoms with E-state index in [9.17, 15) is 8.42 Å². The van der Waals surface area contributed by atoms with Crippen LogP contribution in [0, 0.1) is 0 Å². The number of sulfonamides is 1. The number of benzene rings is 1. The highest BCUT2D eigenvalue weighted by molar-refractivity contribution is 7.89. The lowest BCUT2D eigenvalue weighted by atomic mass is 10.1. The first-order valence-electron chi connectivity index (χ1n) is 7.60. The van der Waals surface area contributed by atoms with Crippen LogP contribution in [0.4, 0.5) is 0 Å². The summed E-state index contributed by atoms with van der Waals surface area (Å²) in [4.78, 5) is 0.277. The van der Waals surface area contributed by atoms with Gasteiger partial charge in [-0.1, -0.05) is 0 Å². The number of ether oxygens (including phenoxy) is 2. The summed E-state index contributed by atoms with van der Waals surface area (Å²) in [6.07, 6.45) is 1.68. The molecule has 1 atom stereocenters. The van der Waals surface area contributed by atoms with Crippen LogP contribution in [0.3, 0.4) is 0 Å². The van der Waals surface area contributed by atoms with E-state index in [1.54, 1.807) is 24.3 Å². The van der Waals surface area contributed by atoms with Gasteiger partial charge in [0.05, 0.1) is 11.5 Å². The van der Waals surface area contributed by atoms with Crippen LogP contribution >= 0.6 is 0 Å². The molecule has 0 aliphatic carbocycles. The van der Waals surface area contributed by atoms with E-state index in [1.165, 1.54) is 4.31 Å². The molecular weight excluding hydrogens is 304 g/mol. The van der Waals surface area contributed by atoms with Gasteiger partial charge in [-0.2, -0.15) is 4.31 Å². The molecule has 0 amide bonds. The molecule has 2 N–H and O–H groups in total. The van der Waals surface area contributed by atoms with Crippen LogP contribution in [0.15, 0.2) is 29.2 Å². The summed E-state index contributed by atoms with van der Waals surface area (Å²) >= 11 is 0. The number of nitrogens with zero attached hydrogens (tertiary/aromatic N) is 1. The monoisotopic (exact) mass is 328 g/mol. The first kappa shape index (κ1) is 17.2. The summed E-state index contributed by atoms with van der Waals surface area (Å²) in [6, 6.07) is 6.41. The van der Waals surface area contributed by atoms with Crippen molar-refractivity contribution in [2.45, 2.75) is 30.7 Å². The molecule has 1 unspecified atom stereocenters. The Morgan fingerprint density at radius 1 is 1.27 bits per heavy atom. The quantitative estimate of drug-likeness (QED) is 0.761. The molecule has 7 heteroatoms. The van der Waals surface area contributed by atoms with Crippen LogP contribution in [0.1, 0.15) is 19.8 Å². The topological polar surface area (TPSA) is 81.9 Å². The third kappa shape index (κ3) is 4.42. The molecule has 1 heterocycles. The van der Waals surface area contributed by atoms with Crippen LogP contribution < -0.4 is 10.5 Å². The number of nitrogens with two attached hydrogens (primary N) is 1. The maximum Gasteiger partial charge on any atom is 0.243 e. The van der Waals surface area contributed by atoms with E-state index in [0.717, 1.165) is 12.8 Å². The minimum absolute atomic E-state index is 0.0790. The van der Waals surface area contributed by atoms with E-state index in [2.05, 4.69) is 0 Å². The van der Waals surface area contributed by atoms with Crippen LogP contribution in [0.2, 0.25) is 0 Å². The van der Waals surface area contributed by atoms with Gasteiger partial charge in [0.2, 0.25) is 10.0 Å². The summed E-state index contributed by atoms with van der Waals surface area (Å²) in [5.74, 6) is 0.633. The van der Waals surface area contributed by atoms with Crippen molar-refractivity contribution in [2.24, 2.45) is 5.73 Å². The molecule has 1 aliphatic rings. The maximum absolute atomic E-state index is 12.6. The van der Waals surface area contributed by atoms with E-state index in [-0.39, 0.29) is 10.9 Å². The van der Waals surface area contributed by atoms with Gasteiger partial charge in [0, 0.05) is 25.7 Å². The van der Waals surface area contributed by atoms with Gasteiger partial charge in [-0.25, -0.2) is 8.42 Å². The maximum atomic E-state index is 12.6. The minimum Gasteiger partial charge on any atom is -0.491 e. The molecule has 22 heavy (non-hydrogen) atoms. The molecule has 0 spiro atoms. The molecule has 0 radical (unpaired) electrons. The Morgan fingerprint density at radius 2 is 2.00 bits per heavy atom. The zero-order valence-corrected chi connectivity index (χ0v) is 13.7. The summed E-state index contributed by atoms with van der Waals surface area (Å²) < 4.78 is 37.2. The Kier molecular flexibility index (Phi) is 6.19. The van der Waals surface area contributed by atoms with Crippen molar-refractivity contribution in [3.63, 3.8) is 0 Å². The SMILES string of the molecule is CCOCCOc1ccc(S(=O)(=O)N2CCCC(N)C2)cc1. The lowest BCUT2D eigenvalue weighted by Gasteiger charge is -2.29. The number of hydrogen-bond donors (Lipinski definition) is 1. The predicted octanol–water partition coefficient (Wildman–Crippen LogP) is 1.21. The van der Waals surface area contributed by atoms with Gasteiger partial charge in [-0.15, -0.1) is 0 Å². The summed E-state index contributed by atoms with van der Waals surface area (Å²) in [7, 11) is -3.47. The highest BCUT2D eigenvalue weighted by Crippen LogP contribution is 2.22. The fraction of sp³-hybridized carbons (Fsp3) is 0.600. The minimum atomic E-state index is -3.47. The van der Waals surface area contributed by atoms with Crippen LogP contribution in [0.5, 0.6) is 5.75 Å². The second-order valence-electron chi connectivity index (χ2n) is 5.28. The van der Waals surface area contributed by atoms with E-state index in [1.807, 2.05) is 6.92 Å². The first-order chi connectivity index (χ1) is 10.5. The van der Waals surface area contributed by atoms with Gasteiger partial charge in [0.25, 0.3) is 0 Å². The zero-order chi connectivity index (χ0) is 16.0. The lowest BCUT2D eigenvalue weighted by Crippen LogP contribution is -2.45. The van der Waals surface area contributed by atoms with Gasteiger partial charge in [0.1, 0.15) is 12.4 Å². The van der Waals surface area contributed by atoms with Gasteiger partial charge >= 0.3 is 0 Å². The van der Waals surface area contributed by atoms with Crippen LogP contribution in [-0.4, -0.2) is 51.7 Å². The van der Waals surface area contributed by atoms with Crippen molar-refractivity contribution in [1.82, 2.24) is 4.31 Å². The van der Waals surface area contributed by atoms with Crippen molar-refractivity contribution < 1.29 is 17.9 Å². The van der Waals surface area contributed by atoms with E-state index in [0.29, 0.717) is 38.7 Å². The van der Waals surface area contributed by atoms with Gasteiger partial charge < -0.3 is 15.2 Å². The highest BCUT2D eigenvalue weighted by atomic mass is 32.2. The Bertz CT molecular complexity index is 559. The Morgan fingerprint density at radius 3 is 2.64 bits per heavy atom. The zero-order valence-electron chi connectivity index (χ0n) is 12.9. The lowest BCUT2D eigenvalue weighted by molar-refractivity contribution is 0.110. The third-order valence-electron chi connectivity index (χ3n) is 3.58. The van der Waals surface area contributed by atoms with E-state index < -0.39 is 10.0 Å². The standard InChI is InChI=1S/C15H24N2O4S/c1-2-20-10-11-21-14-5-7-15(8-6-14)22(18,19)17-9-3-4-13(16)12-17/h5-8,13H,2-4,9-12,16H2,1H3. The molecule has 1 aliphatic heterocycles. The smallest absolute Gasteiger partial charge is 0.243 e. The molecule has 6 nitrogen and oxygen atoms in total. The molecule has 2 rings (SSSR count). The second kappa shape index (κ2) is 7.92. The number of piperidine rings is 1. The molecule has 1 saturated heterocycles. The largest absolute Gasteiger partial charge is 0.491 e. The van der Waals surface area contributed by atoms with Crippen molar-refractivity contribution in [1.29, 1.82) is 0 Å². The van der Waals surface area contributed by atoms with Gasteiger partial charge in [0.15, 0.2) is 0 Å². The van der Waals surface area contributed by atoms with Crippen molar-refractivity contribution >= 4 is 10.0 Å². The Labute approximate surface area is 132 Å². The fourth-order valence-electron chi connectivity index (χ4n) is 2.41. The Hall–Kier alpha value is -1.15. The van der Waals surface area contributed by atoms with Crippen molar-refractivity contribution in [3.05, 3.63) is 24.3 Å². The average Bonchev–Trinajstić information content (AvgIpc) is 2.52. The van der Waals surface area contributed by atoms with Crippen molar-refractivity contribution in [3.8, 4) is 5.75 Å². The second-order valence-corrected chi connectivity index (χ2v) is 7.22. The average molecular weight is 328 g/mol. The van der Waals surface area contributed by atoms with E-state index in [4.69, 9.17) is 15.2 Å². The molecular formula is C15H24N2O4S.